The summed E-state index contributed by atoms with van der Waals surface area (Å²) in [5.41, 5.74) is 2.41. The second kappa shape index (κ2) is 7.47. The summed E-state index contributed by atoms with van der Waals surface area (Å²) >= 11 is 0. The van der Waals surface area contributed by atoms with Crippen LogP contribution in [-0.2, 0) is 12.6 Å². The van der Waals surface area contributed by atoms with Gasteiger partial charge in [-0.25, -0.2) is 4.98 Å². The van der Waals surface area contributed by atoms with E-state index in [1.54, 1.807) is 12.1 Å². The number of hydrogen-bond donors (Lipinski definition) is 0. The zero-order chi connectivity index (χ0) is 20.4. The number of alkyl halides is 3. The fraction of sp³-hybridized carbons (Fsp3) is 0.0870. The fourth-order valence-corrected chi connectivity index (χ4v) is 3.19. The van der Waals surface area contributed by atoms with Crippen LogP contribution in [-0.4, -0.2) is 9.55 Å². The molecule has 0 aliphatic heterocycles. The quantitative estimate of drug-likeness (QED) is 0.358. The Morgan fingerprint density at radius 3 is 2.41 bits per heavy atom. The van der Waals surface area contributed by atoms with Gasteiger partial charge in [0.1, 0.15) is 5.75 Å². The SMILES string of the molecule is C=CCc1cn(-c2ccc(Oc3ccc(C(F)(F)F)cn3)cc2)c2ccccc12. The van der Waals surface area contributed by atoms with Crippen LogP contribution in [0.25, 0.3) is 16.6 Å². The number of aromatic nitrogens is 2. The molecule has 0 aliphatic rings. The Bertz CT molecular complexity index is 1140. The first-order valence-electron chi connectivity index (χ1n) is 8.97. The van der Waals surface area contributed by atoms with Gasteiger partial charge in [-0.15, -0.1) is 6.58 Å². The number of pyridine rings is 1. The standard InChI is InChI=1S/C23H17F3N2O/c1-2-5-16-15-28(21-7-4-3-6-20(16)21)18-9-11-19(12-10-18)29-22-13-8-17(14-27-22)23(24,25)26/h2-4,6-15H,1,5H2. The smallest absolute Gasteiger partial charge is 0.417 e. The van der Waals surface area contributed by atoms with Gasteiger partial charge in [0.15, 0.2) is 0 Å². The number of fused-ring (bicyclic) bond motifs is 1. The minimum atomic E-state index is -4.42. The minimum Gasteiger partial charge on any atom is -0.439 e. The average Bonchev–Trinajstić information content (AvgIpc) is 3.07. The van der Waals surface area contributed by atoms with Crippen molar-refractivity contribution in [1.82, 2.24) is 9.55 Å². The molecule has 29 heavy (non-hydrogen) atoms. The first kappa shape index (κ1) is 18.8. The van der Waals surface area contributed by atoms with Gasteiger partial charge >= 0.3 is 6.18 Å². The van der Waals surface area contributed by atoms with E-state index in [0.717, 1.165) is 29.9 Å². The number of rotatable bonds is 5. The third-order valence-electron chi connectivity index (χ3n) is 4.56. The molecule has 0 atom stereocenters. The highest BCUT2D eigenvalue weighted by Crippen LogP contribution is 2.31. The Hall–Kier alpha value is -3.54. The molecule has 3 nitrogen and oxygen atoms in total. The molecule has 0 saturated carbocycles. The van der Waals surface area contributed by atoms with E-state index in [4.69, 9.17) is 4.74 Å². The number of hydrogen-bond acceptors (Lipinski definition) is 2. The first-order chi connectivity index (χ1) is 14.0. The van der Waals surface area contributed by atoms with Crippen LogP contribution in [0.3, 0.4) is 0 Å². The van der Waals surface area contributed by atoms with Crippen LogP contribution in [0.15, 0.2) is 85.7 Å². The molecule has 4 rings (SSSR count). The van der Waals surface area contributed by atoms with Crippen molar-refractivity contribution in [2.24, 2.45) is 0 Å². The van der Waals surface area contributed by atoms with Crippen LogP contribution in [0, 0.1) is 0 Å². The van der Waals surface area contributed by atoms with Gasteiger partial charge in [0, 0.05) is 29.5 Å². The largest absolute Gasteiger partial charge is 0.439 e. The molecule has 0 aliphatic carbocycles. The van der Waals surface area contributed by atoms with Crippen molar-refractivity contribution in [1.29, 1.82) is 0 Å². The van der Waals surface area contributed by atoms with Gasteiger partial charge < -0.3 is 9.30 Å². The van der Waals surface area contributed by atoms with Crippen LogP contribution in [0.5, 0.6) is 11.6 Å². The zero-order valence-corrected chi connectivity index (χ0v) is 15.4. The number of para-hydroxylation sites is 1. The Kier molecular flexibility index (Phi) is 4.84. The number of halogens is 3. The van der Waals surface area contributed by atoms with Gasteiger partial charge in [-0.05, 0) is 48.4 Å². The normalized spacial score (nSPS) is 11.6. The highest BCUT2D eigenvalue weighted by Gasteiger charge is 2.30. The molecule has 0 saturated heterocycles. The fourth-order valence-electron chi connectivity index (χ4n) is 3.19. The molecule has 6 heteroatoms. The molecule has 0 amide bonds. The van der Waals surface area contributed by atoms with Crippen LogP contribution in [0.2, 0.25) is 0 Å². The summed E-state index contributed by atoms with van der Waals surface area (Å²) in [6.45, 7) is 3.82. The zero-order valence-electron chi connectivity index (χ0n) is 15.4. The molecule has 146 valence electrons. The maximum atomic E-state index is 12.6. The van der Waals surface area contributed by atoms with Gasteiger partial charge in [0.2, 0.25) is 5.88 Å². The summed E-state index contributed by atoms with van der Waals surface area (Å²) in [5, 5.41) is 1.17. The summed E-state index contributed by atoms with van der Waals surface area (Å²) in [5.74, 6) is 0.592. The molecule has 0 unspecified atom stereocenters. The van der Waals surface area contributed by atoms with Crippen LogP contribution < -0.4 is 4.74 Å². The first-order valence-corrected chi connectivity index (χ1v) is 8.97. The van der Waals surface area contributed by atoms with Gasteiger partial charge in [-0.2, -0.15) is 13.2 Å². The molecule has 2 aromatic heterocycles. The predicted molar refractivity (Wildman–Crippen MR) is 106 cm³/mol. The molecular formula is C23H17F3N2O. The van der Waals surface area contributed by atoms with Crippen molar-refractivity contribution in [3.63, 3.8) is 0 Å². The van der Waals surface area contributed by atoms with E-state index in [2.05, 4.69) is 34.5 Å². The Labute approximate surface area is 165 Å². The summed E-state index contributed by atoms with van der Waals surface area (Å²) in [6.07, 6.45) is 1.07. The molecular weight excluding hydrogens is 377 g/mol. The van der Waals surface area contributed by atoms with E-state index in [1.807, 2.05) is 30.3 Å². The molecule has 4 aromatic rings. The van der Waals surface area contributed by atoms with Crippen molar-refractivity contribution in [2.45, 2.75) is 12.6 Å². The summed E-state index contributed by atoms with van der Waals surface area (Å²) in [7, 11) is 0. The average molecular weight is 394 g/mol. The van der Waals surface area contributed by atoms with Gasteiger partial charge in [0.25, 0.3) is 0 Å². The second-order valence-corrected chi connectivity index (χ2v) is 6.51. The molecule has 0 radical (unpaired) electrons. The maximum Gasteiger partial charge on any atom is 0.417 e. The Balaban J connectivity index is 1.59. The van der Waals surface area contributed by atoms with Crippen LogP contribution >= 0.6 is 0 Å². The highest BCUT2D eigenvalue weighted by molar-refractivity contribution is 5.85. The summed E-state index contributed by atoms with van der Waals surface area (Å²) in [4.78, 5) is 3.73. The molecule has 0 N–H and O–H groups in total. The maximum absolute atomic E-state index is 12.6. The van der Waals surface area contributed by atoms with E-state index in [1.165, 1.54) is 17.0 Å². The summed E-state index contributed by atoms with van der Waals surface area (Å²) < 4.78 is 45.5. The van der Waals surface area contributed by atoms with E-state index >= 15 is 0 Å². The van der Waals surface area contributed by atoms with Gasteiger partial charge in [0.05, 0.1) is 11.1 Å². The lowest BCUT2D eigenvalue weighted by Gasteiger charge is -2.09. The van der Waals surface area contributed by atoms with Crippen LogP contribution in [0.1, 0.15) is 11.1 Å². The lowest BCUT2D eigenvalue weighted by Crippen LogP contribution is -2.05. The van der Waals surface area contributed by atoms with E-state index < -0.39 is 11.7 Å². The number of allylic oxidation sites excluding steroid dienone is 1. The van der Waals surface area contributed by atoms with Crippen molar-refractivity contribution in [3.8, 4) is 17.3 Å². The van der Waals surface area contributed by atoms with E-state index in [0.29, 0.717) is 5.75 Å². The Morgan fingerprint density at radius 2 is 1.76 bits per heavy atom. The number of benzene rings is 2. The lowest BCUT2D eigenvalue weighted by molar-refractivity contribution is -0.137. The van der Waals surface area contributed by atoms with Crippen molar-refractivity contribution in [2.75, 3.05) is 0 Å². The highest BCUT2D eigenvalue weighted by atomic mass is 19.4. The second-order valence-electron chi connectivity index (χ2n) is 6.51. The summed E-state index contributed by atoms with van der Waals surface area (Å²) in [6, 6.07) is 17.6. The predicted octanol–water partition coefficient (Wildman–Crippen LogP) is 6.57. The van der Waals surface area contributed by atoms with E-state index in [-0.39, 0.29) is 5.88 Å². The molecule has 2 heterocycles. The van der Waals surface area contributed by atoms with Gasteiger partial charge in [-0.1, -0.05) is 24.3 Å². The molecule has 0 spiro atoms. The molecule has 0 fully saturated rings. The van der Waals surface area contributed by atoms with E-state index in [9.17, 15) is 13.2 Å². The van der Waals surface area contributed by atoms with Crippen LogP contribution in [0.4, 0.5) is 13.2 Å². The lowest BCUT2D eigenvalue weighted by atomic mass is 10.1. The third-order valence-corrected chi connectivity index (χ3v) is 4.56. The van der Waals surface area contributed by atoms with Gasteiger partial charge in [-0.3, -0.25) is 0 Å². The van der Waals surface area contributed by atoms with Crippen molar-refractivity contribution in [3.05, 3.63) is 96.8 Å². The minimum absolute atomic E-state index is 0.102. The molecule has 2 aromatic carbocycles. The van der Waals surface area contributed by atoms with Crippen molar-refractivity contribution >= 4 is 10.9 Å². The van der Waals surface area contributed by atoms with Crippen molar-refractivity contribution < 1.29 is 17.9 Å². The Morgan fingerprint density at radius 1 is 1.00 bits per heavy atom. The number of nitrogens with zero attached hydrogens (tertiary/aromatic N) is 2. The third kappa shape index (κ3) is 3.87. The number of ether oxygens (including phenoxy) is 1. The monoisotopic (exact) mass is 394 g/mol. The topological polar surface area (TPSA) is 27.1 Å². The molecule has 0 bridgehead atoms.